The van der Waals surface area contributed by atoms with E-state index in [4.69, 9.17) is 0 Å². The third-order valence-electron chi connectivity index (χ3n) is 6.46. The molecule has 0 aliphatic carbocycles. The van der Waals surface area contributed by atoms with Crippen molar-refractivity contribution in [3.8, 4) is 0 Å². The number of hydrogen-bond donors (Lipinski definition) is 1. The number of aryl methyl sites for hydroxylation is 1. The van der Waals surface area contributed by atoms with Crippen LogP contribution in [-0.2, 0) is 17.1 Å². The lowest BCUT2D eigenvalue weighted by atomic mass is 9.92. The van der Waals surface area contributed by atoms with Crippen molar-refractivity contribution >= 4 is 15.9 Å². The SMILES string of the molecule is Cc1c(S(=O)(=O)N2CCC(c3[nH]ncc3C(=O)N3CCCCCC3)CC2)cnn1C. The fourth-order valence-corrected chi connectivity index (χ4v) is 6.13. The molecule has 10 heteroatoms. The molecule has 1 N–H and O–H groups in total. The lowest BCUT2D eigenvalue weighted by molar-refractivity contribution is 0.0759. The largest absolute Gasteiger partial charge is 0.339 e. The minimum Gasteiger partial charge on any atom is -0.339 e. The summed E-state index contributed by atoms with van der Waals surface area (Å²) in [5.41, 5.74) is 2.12. The van der Waals surface area contributed by atoms with Gasteiger partial charge in [0.15, 0.2) is 0 Å². The number of carbonyl (C=O) groups is 1. The third-order valence-corrected chi connectivity index (χ3v) is 8.46. The zero-order valence-corrected chi connectivity index (χ0v) is 18.5. The predicted molar refractivity (Wildman–Crippen MR) is 112 cm³/mol. The molecule has 4 heterocycles. The van der Waals surface area contributed by atoms with Gasteiger partial charge in [-0.05, 0) is 32.6 Å². The number of aromatic amines is 1. The molecule has 30 heavy (non-hydrogen) atoms. The van der Waals surface area contributed by atoms with Crippen molar-refractivity contribution in [2.24, 2.45) is 7.05 Å². The highest BCUT2D eigenvalue weighted by Gasteiger charge is 2.34. The first kappa shape index (κ1) is 21.0. The average Bonchev–Trinajstić information content (AvgIpc) is 3.25. The van der Waals surface area contributed by atoms with Crippen LogP contribution in [0, 0.1) is 6.92 Å². The van der Waals surface area contributed by atoms with E-state index in [1.54, 1.807) is 24.9 Å². The van der Waals surface area contributed by atoms with Gasteiger partial charge in [0, 0.05) is 39.1 Å². The normalized spacial score (nSPS) is 19.7. The fourth-order valence-electron chi connectivity index (χ4n) is 4.48. The number of aromatic nitrogens is 4. The lowest BCUT2D eigenvalue weighted by Crippen LogP contribution is -2.38. The maximum atomic E-state index is 13.1. The topological polar surface area (TPSA) is 104 Å². The number of carbonyl (C=O) groups excluding carboxylic acids is 1. The molecule has 0 aromatic carbocycles. The zero-order chi connectivity index (χ0) is 21.3. The number of likely N-dealkylation sites (tertiary alicyclic amines) is 1. The highest BCUT2D eigenvalue weighted by molar-refractivity contribution is 7.89. The highest BCUT2D eigenvalue weighted by Crippen LogP contribution is 2.32. The van der Waals surface area contributed by atoms with Crippen LogP contribution in [0.1, 0.15) is 66.2 Å². The van der Waals surface area contributed by atoms with Gasteiger partial charge in [-0.15, -0.1) is 0 Å². The minimum absolute atomic E-state index is 0.0432. The molecule has 0 saturated carbocycles. The number of nitrogens with zero attached hydrogens (tertiary/aromatic N) is 5. The standard InChI is InChI=1S/C20H30N6O3S/c1-15-18(14-22-24(15)2)30(28,29)26-11-7-16(8-12-26)19-17(13-21-23-19)20(27)25-9-5-3-4-6-10-25/h13-14,16H,3-12H2,1-2H3,(H,21,23). The molecule has 0 bridgehead atoms. The van der Waals surface area contributed by atoms with Gasteiger partial charge in [-0.1, -0.05) is 12.8 Å². The second-order valence-corrected chi connectivity index (χ2v) is 10.2. The van der Waals surface area contributed by atoms with Gasteiger partial charge in [-0.25, -0.2) is 8.42 Å². The van der Waals surface area contributed by atoms with E-state index in [9.17, 15) is 13.2 Å². The molecule has 0 spiro atoms. The number of hydrogen-bond acceptors (Lipinski definition) is 5. The Bertz CT molecular complexity index is 996. The van der Waals surface area contributed by atoms with Crippen molar-refractivity contribution in [2.75, 3.05) is 26.2 Å². The summed E-state index contributed by atoms with van der Waals surface area (Å²) < 4.78 is 29.1. The van der Waals surface area contributed by atoms with E-state index in [0.29, 0.717) is 37.2 Å². The maximum Gasteiger partial charge on any atom is 0.257 e. The van der Waals surface area contributed by atoms with Gasteiger partial charge in [0.05, 0.1) is 29.3 Å². The molecule has 2 aliphatic rings. The van der Waals surface area contributed by atoms with Crippen molar-refractivity contribution in [1.82, 2.24) is 29.2 Å². The molecule has 0 atom stereocenters. The maximum absolute atomic E-state index is 13.1. The van der Waals surface area contributed by atoms with Crippen molar-refractivity contribution in [1.29, 1.82) is 0 Å². The quantitative estimate of drug-likeness (QED) is 0.793. The number of sulfonamides is 1. The predicted octanol–water partition coefficient (Wildman–Crippen LogP) is 2.04. The van der Waals surface area contributed by atoms with E-state index in [0.717, 1.165) is 31.6 Å². The summed E-state index contributed by atoms with van der Waals surface area (Å²) in [6.45, 7) is 4.18. The summed E-state index contributed by atoms with van der Waals surface area (Å²) in [5.74, 6) is 0.140. The Morgan fingerprint density at radius 3 is 2.33 bits per heavy atom. The van der Waals surface area contributed by atoms with Gasteiger partial charge in [-0.2, -0.15) is 14.5 Å². The van der Waals surface area contributed by atoms with Gasteiger partial charge in [-0.3, -0.25) is 14.6 Å². The monoisotopic (exact) mass is 434 g/mol. The summed E-state index contributed by atoms with van der Waals surface area (Å²) in [6.07, 6.45) is 8.79. The van der Waals surface area contributed by atoms with E-state index in [1.807, 2.05) is 4.90 Å². The molecule has 0 unspecified atom stereocenters. The fraction of sp³-hybridized carbons (Fsp3) is 0.650. The number of piperidine rings is 1. The number of rotatable bonds is 4. The van der Waals surface area contributed by atoms with Gasteiger partial charge in [0.2, 0.25) is 10.0 Å². The minimum atomic E-state index is -3.56. The Hall–Kier alpha value is -2.20. The van der Waals surface area contributed by atoms with E-state index in [1.165, 1.54) is 23.3 Å². The number of nitrogens with one attached hydrogen (secondary N) is 1. The van der Waals surface area contributed by atoms with Crippen LogP contribution in [0.2, 0.25) is 0 Å². The van der Waals surface area contributed by atoms with Gasteiger partial charge in [0.25, 0.3) is 5.91 Å². The van der Waals surface area contributed by atoms with Gasteiger partial charge in [0.1, 0.15) is 4.90 Å². The zero-order valence-electron chi connectivity index (χ0n) is 17.7. The first-order valence-electron chi connectivity index (χ1n) is 10.7. The Labute approximate surface area is 177 Å². The van der Waals surface area contributed by atoms with Crippen LogP contribution in [0.25, 0.3) is 0 Å². The first-order valence-corrected chi connectivity index (χ1v) is 12.1. The highest BCUT2D eigenvalue weighted by atomic mass is 32.2. The van der Waals surface area contributed by atoms with Gasteiger partial charge < -0.3 is 4.90 Å². The summed E-state index contributed by atoms with van der Waals surface area (Å²) >= 11 is 0. The van der Waals surface area contributed by atoms with Crippen LogP contribution in [-0.4, -0.2) is 69.7 Å². The smallest absolute Gasteiger partial charge is 0.257 e. The molecule has 2 saturated heterocycles. The van der Waals surface area contributed by atoms with Crippen molar-refractivity contribution in [3.63, 3.8) is 0 Å². The van der Waals surface area contributed by atoms with Crippen molar-refractivity contribution in [3.05, 3.63) is 29.3 Å². The Morgan fingerprint density at radius 1 is 1.07 bits per heavy atom. The third kappa shape index (κ3) is 3.90. The summed E-state index contributed by atoms with van der Waals surface area (Å²) in [6, 6.07) is 0. The molecule has 2 aliphatic heterocycles. The Morgan fingerprint density at radius 2 is 1.73 bits per heavy atom. The van der Waals surface area contributed by atoms with E-state index >= 15 is 0 Å². The molecule has 4 rings (SSSR count). The lowest BCUT2D eigenvalue weighted by Gasteiger charge is -2.31. The van der Waals surface area contributed by atoms with E-state index < -0.39 is 10.0 Å². The molecule has 9 nitrogen and oxygen atoms in total. The summed E-state index contributed by atoms with van der Waals surface area (Å²) in [4.78, 5) is 15.3. The van der Waals surface area contributed by atoms with Gasteiger partial charge >= 0.3 is 0 Å². The molecule has 2 fully saturated rings. The summed E-state index contributed by atoms with van der Waals surface area (Å²) in [5, 5.41) is 11.3. The number of amides is 1. The van der Waals surface area contributed by atoms with Crippen LogP contribution in [0.5, 0.6) is 0 Å². The molecule has 1 amide bonds. The molecular weight excluding hydrogens is 404 g/mol. The first-order chi connectivity index (χ1) is 14.4. The number of H-pyrrole nitrogens is 1. The Balaban J connectivity index is 1.46. The Kier molecular flexibility index (Phi) is 5.97. The second-order valence-electron chi connectivity index (χ2n) is 8.30. The molecule has 2 aromatic rings. The molecule has 0 radical (unpaired) electrons. The second kappa shape index (κ2) is 8.50. The van der Waals surface area contributed by atoms with Crippen LogP contribution in [0.15, 0.2) is 17.3 Å². The average molecular weight is 435 g/mol. The van der Waals surface area contributed by atoms with Crippen molar-refractivity contribution < 1.29 is 13.2 Å². The van der Waals surface area contributed by atoms with Crippen LogP contribution < -0.4 is 0 Å². The van der Waals surface area contributed by atoms with Crippen LogP contribution in [0.4, 0.5) is 0 Å². The van der Waals surface area contributed by atoms with Crippen LogP contribution in [0.3, 0.4) is 0 Å². The molecule has 164 valence electrons. The summed E-state index contributed by atoms with van der Waals surface area (Å²) in [7, 11) is -1.82. The van der Waals surface area contributed by atoms with Crippen molar-refractivity contribution in [2.45, 2.75) is 56.3 Å². The molecular formula is C20H30N6O3S. The van der Waals surface area contributed by atoms with Crippen LogP contribution >= 0.6 is 0 Å². The van der Waals surface area contributed by atoms with E-state index in [2.05, 4.69) is 15.3 Å². The van der Waals surface area contributed by atoms with E-state index in [-0.39, 0.29) is 16.7 Å². The molecule has 2 aromatic heterocycles.